The van der Waals surface area contributed by atoms with Gasteiger partial charge in [-0.2, -0.15) is 4.98 Å². The van der Waals surface area contributed by atoms with E-state index in [0.29, 0.717) is 11.7 Å². The van der Waals surface area contributed by atoms with Crippen molar-refractivity contribution in [3.63, 3.8) is 0 Å². The molecule has 0 saturated heterocycles. The van der Waals surface area contributed by atoms with Gasteiger partial charge in [0.2, 0.25) is 11.7 Å². The van der Waals surface area contributed by atoms with Gasteiger partial charge in [0, 0.05) is 0 Å². The summed E-state index contributed by atoms with van der Waals surface area (Å²) in [7, 11) is 0. The number of nitrogens with two attached hydrogens (primary N) is 1. The zero-order valence-electron chi connectivity index (χ0n) is 8.50. The fourth-order valence-electron chi connectivity index (χ4n) is 1.10. The van der Waals surface area contributed by atoms with Crippen LogP contribution in [0, 0.1) is 0 Å². The molecule has 5 nitrogen and oxygen atoms in total. The van der Waals surface area contributed by atoms with Crippen LogP contribution < -0.4 is 10.5 Å². The maximum Gasteiger partial charge on any atom is 0.240 e. The Morgan fingerprint density at radius 3 is 2.62 bits per heavy atom. The molecule has 2 rings (SSSR count). The quantitative estimate of drug-likeness (QED) is 0.879. The largest absolute Gasteiger partial charge is 0.485 e. The minimum Gasteiger partial charge on any atom is -0.485 e. The number of nitrogens with zero attached hydrogens (tertiary/aromatic N) is 2. The molecular formula is C10H12ClN3O2. The summed E-state index contributed by atoms with van der Waals surface area (Å²) in [5.74, 6) is 1.69. The van der Waals surface area contributed by atoms with Crippen molar-refractivity contribution < 1.29 is 9.26 Å². The lowest BCUT2D eigenvalue weighted by molar-refractivity contribution is 0.285. The summed E-state index contributed by atoms with van der Waals surface area (Å²) in [6, 6.07) is 9.45. The van der Waals surface area contributed by atoms with Crippen molar-refractivity contribution in [1.29, 1.82) is 0 Å². The molecule has 0 spiro atoms. The normalized spacial score (nSPS) is 9.56. The molecule has 86 valence electrons. The highest BCUT2D eigenvalue weighted by Gasteiger charge is 2.04. The van der Waals surface area contributed by atoms with E-state index in [0.717, 1.165) is 5.75 Å². The molecule has 0 amide bonds. The lowest BCUT2D eigenvalue weighted by atomic mass is 10.3. The van der Waals surface area contributed by atoms with E-state index in [9.17, 15) is 0 Å². The molecule has 0 aliphatic rings. The topological polar surface area (TPSA) is 74.2 Å². The smallest absolute Gasteiger partial charge is 0.240 e. The van der Waals surface area contributed by atoms with E-state index >= 15 is 0 Å². The summed E-state index contributed by atoms with van der Waals surface area (Å²) >= 11 is 0. The third kappa shape index (κ3) is 3.22. The van der Waals surface area contributed by atoms with Gasteiger partial charge in [-0.25, -0.2) is 0 Å². The molecule has 0 aliphatic carbocycles. The fraction of sp³-hybridized carbons (Fsp3) is 0.200. The molecule has 16 heavy (non-hydrogen) atoms. The van der Waals surface area contributed by atoms with Gasteiger partial charge in [0.05, 0.1) is 6.54 Å². The molecule has 6 heteroatoms. The van der Waals surface area contributed by atoms with Crippen LogP contribution >= 0.6 is 12.4 Å². The molecule has 1 heterocycles. The Bertz CT molecular complexity index is 419. The SMILES string of the molecule is Cl.NCc1nc(COc2ccccc2)no1. The lowest BCUT2D eigenvalue weighted by Gasteiger charge is -2.01. The van der Waals surface area contributed by atoms with Crippen LogP contribution in [0.1, 0.15) is 11.7 Å². The standard InChI is InChI=1S/C10H11N3O2.ClH/c11-6-10-12-9(13-15-10)7-14-8-4-2-1-3-5-8;/h1-5H,6-7,11H2;1H. The second-order valence-corrected chi connectivity index (χ2v) is 2.91. The Hall–Kier alpha value is -1.59. The summed E-state index contributed by atoms with van der Waals surface area (Å²) < 4.78 is 10.3. The highest BCUT2D eigenvalue weighted by molar-refractivity contribution is 5.85. The minimum absolute atomic E-state index is 0. The van der Waals surface area contributed by atoms with E-state index in [2.05, 4.69) is 10.1 Å². The van der Waals surface area contributed by atoms with Crippen LogP contribution in [0.2, 0.25) is 0 Å². The molecular weight excluding hydrogens is 230 g/mol. The number of halogens is 1. The van der Waals surface area contributed by atoms with Gasteiger partial charge in [0.25, 0.3) is 0 Å². The van der Waals surface area contributed by atoms with Gasteiger partial charge in [-0.3, -0.25) is 0 Å². The molecule has 0 fully saturated rings. The van der Waals surface area contributed by atoms with E-state index in [1.54, 1.807) is 0 Å². The van der Waals surface area contributed by atoms with E-state index in [1.165, 1.54) is 0 Å². The number of hydrogen-bond acceptors (Lipinski definition) is 5. The Balaban J connectivity index is 0.00000128. The fourth-order valence-corrected chi connectivity index (χ4v) is 1.10. The predicted molar refractivity (Wildman–Crippen MR) is 60.2 cm³/mol. The van der Waals surface area contributed by atoms with E-state index < -0.39 is 0 Å². The minimum atomic E-state index is 0. The van der Waals surface area contributed by atoms with Crippen molar-refractivity contribution in [2.24, 2.45) is 5.73 Å². The van der Waals surface area contributed by atoms with Crippen LogP contribution in [-0.4, -0.2) is 10.1 Å². The van der Waals surface area contributed by atoms with Gasteiger partial charge >= 0.3 is 0 Å². The van der Waals surface area contributed by atoms with Gasteiger partial charge in [-0.1, -0.05) is 23.4 Å². The van der Waals surface area contributed by atoms with Gasteiger partial charge in [0.15, 0.2) is 6.61 Å². The zero-order chi connectivity index (χ0) is 10.5. The lowest BCUT2D eigenvalue weighted by Crippen LogP contribution is -1.99. The first-order valence-electron chi connectivity index (χ1n) is 4.58. The average Bonchev–Trinajstić information content (AvgIpc) is 2.76. The van der Waals surface area contributed by atoms with Crippen molar-refractivity contribution >= 4 is 12.4 Å². The maximum absolute atomic E-state index is 5.42. The third-order valence-corrected chi connectivity index (χ3v) is 1.80. The van der Waals surface area contributed by atoms with Gasteiger partial charge in [-0.15, -0.1) is 12.4 Å². The van der Waals surface area contributed by atoms with Gasteiger partial charge < -0.3 is 15.0 Å². The molecule has 1 aromatic carbocycles. The van der Waals surface area contributed by atoms with E-state index in [-0.39, 0.29) is 25.6 Å². The van der Waals surface area contributed by atoms with Gasteiger partial charge in [-0.05, 0) is 12.1 Å². The first-order valence-corrected chi connectivity index (χ1v) is 4.58. The summed E-state index contributed by atoms with van der Waals surface area (Å²) in [5.41, 5.74) is 5.33. The Labute approximate surface area is 99.0 Å². The van der Waals surface area contributed by atoms with E-state index in [4.69, 9.17) is 15.0 Å². The van der Waals surface area contributed by atoms with Crippen LogP contribution in [-0.2, 0) is 13.2 Å². The molecule has 0 saturated carbocycles. The highest BCUT2D eigenvalue weighted by atomic mass is 35.5. The number of ether oxygens (including phenoxy) is 1. The van der Waals surface area contributed by atoms with Crippen LogP contribution in [0.3, 0.4) is 0 Å². The predicted octanol–water partition coefficient (Wildman–Crippen LogP) is 1.53. The van der Waals surface area contributed by atoms with Crippen LogP contribution in [0.25, 0.3) is 0 Å². The molecule has 0 atom stereocenters. The molecule has 0 bridgehead atoms. The second-order valence-electron chi connectivity index (χ2n) is 2.91. The van der Waals surface area contributed by atoms with Crippen molar-refractivity contribution in [2.45, 2.75) is 13.2 Å². The van der Waals surface area contributed by atoms with Crippen molar-refractivity contribution in [2.75, 3.05) is 0 Å². The molecule has 2 N–H and O–H groups in total. The second kappa shape index (κ2) is 6.09. The van der Waals surface area contributed by atoms with E-state index in [1.807, 2.05) is 30.3 Å². The molecule has 0 aliphatic heterocycles. The number of hydrogen-bond donors (Lipinski definition) is 1. The average molecular weight is 242 g/mol. The Kier molecular flexibility index (Phi) is 4.75. The number of para-hydroxylation sites is 1. The highest BCUT2D eigenvalue weighted by Crippen LogP contribution is 2.10. The van der Waals surface area contributed by atoms with Crippen LogP contribution in [0.5, 0.6) is 5.75 Å². The Morgan fingerprint density at radius 2 is 2.00 bits per heavy atom. The summed E-state index contributed by atoms with van der Waals surface area (Å²) in [6.45, 7) is 0.534. The summed E-state index contributed by atoms with van der Waals surface area (Å²) in [6.07, 6.45) is 0. The number of rotatable bonds is 4. The first-order chi connectivity index (χ1) is 7.38. The molecule has 0 unspecified atom stereocenters. The first kappa shape index (κ1) is 12.5. The summed E-state index contributed by atoms with van der Waals surface area (Å²) in [4.78, 5) is 4.02. The third-order valence-electron chi connectivity index (χ3n) is 1.80. The van der Waals surface area contributed by atoms with Gasteiger partial charge in [0.1, 0.15) is 5.75 Å². The monoisotopic (exact) mass is 241 g/mol. The molecule has 0 radical (unpaired) electrons. The Morgan fingerprint density at radius 1 is 1.25 bits per heavy atom. The van der Waals surface area contributed by atoms with Crippen LogP contribution in [0.4, 0.5) is 0 Å². The van der Waals surface area contributed by atoms with Crippen molar-refractivity contribution in [3.8, 4) is 5.75 Å². The van der Waals surface area contributed by atoms with Crippen LogP contribution in [0.15, 0.2) is 34.9 Å². The van der Waals surface area contributed by atoms with Crippen molar-refractivity contribution in [3.05, 3.63) is 42.0 Å². The number of aromatic nitrogens is 2. The summed E-state index contributed by atoms with van der Waals surface area (Å²) in [5, 5.41) is 3.71. The van der Waals surface area contributed by atoms with Crippen molar-refractivity contribution in [1.82, 2.24) is 10.1 Å². The maximum atomic E-state index is 5.42. The molecule has 1 aromatic heterocycles. The zero-order valence-corrected chi connectivity index (χ0v) is 9.31. The number of benzene rings is 1. The molecule has 2 aromatic rings.